The Bertz CT molecular complexity index is 812. The molecule has 22 heavy (non-hydrogen) atoms. The molecule has 0 radical (unpaired) electrons. The number of likely N-dealkylation sites (tertiary alicyclic amines) is 1. The largest absolute Gasteiger partial charge is 0.332 e. The van der Waals surface area contributed by atoms with Crippen molar-refractivity contribution in [3.63, 3.8) is 0 Å². The van der Waals surface area contributed by atoms with Crippen LogP contribution in [0.2, 0.25) is 0 Å². The maximum Gasteiger partial charge on any atom is 0.254 e. The molecule has 1 atom stereocenters. The molecule has 0 aliphatic carbocycles. The van der Waals surface area contributed by atoms with Crippen LogP contribution in [-0.2, 0) is 0 Å². The average molecular weight is 292 g/mol. The van der Waals surface area contributed by atoms with Gasteiger partial charge in [-0.1, -0.05) is 30.3 Å². The Hall–Kier alpha value is -2.69. The molecule has 5 heteroatoms. The highest BCUT2D eigenvalue weighted by molar-refractivity contribution is 5.97. The summed E-state index contributed by atoms with van der Waals surface area (Å²) in [6.45, 7) is 0.801. The zero-order valence-electron chi connectivity index (χ0n) is 12.1. The molecule has 1 N–H and O–H groups in total. The van der Waals surface area contributed by atoms with E-state index in [-0.39, 0.29) is 11.9 Å². The number of H-pyrrole nitrogens is 1. The molecular formula is C17H16N4O. The van der Waals surface area contributed by atoms with Gasteiger partial charge < -0.3 is 4.90 Å². The number of hydrogen-bond donors (Lipinski definition) is 1. The average Bonchev–Trinajstić information content (AvgIpc) is 3.23. The Morgan fingerprint density at radius 3 is 2.77 bits per heavy atom. The lowest BCUT2D eigenvalue weighted by atomic mass is 10.0. The van der Waals surface area contributed by atoms with Gasteiger partial charge in [0.1, 0.15) is 11.0 Å². The fourth-order valence-electron chi connectivity index (χ4n) is 3.17. The number of hydrogen-bond acceptors (Lipinski definition) is 3. The number of nitrogens with zero attached hydrogens (tertiary/aromatic N) is 3. The van der Waals surface area contributed by atoms with E-state index in [1.165, 1.54) is 5.56 Å². The molecule has 2 aromatic carbocycles. The number of amides is 1. The first-order valence-corrected chi connectivity index (χ1v) is 7.49. The topological polar surface area (TPSA) is 61.9 Å². The number of nitrogens with one attached hydrogen (secondary N) is 1. The minimum atomic E-state index is 0.0660. The van der Waals surface area contributed by atoms with Gasteiger partial charge in [-0.15, -0.1) is 0 Å². The molecule has 3 aromatic rings. The fourth-order valence-corrected chi connectivity index (χ4v) is 3.17. The molecule has 0 saturated carbocycles. The van der Waals surface area contributed by atoms with Gasteiger partial charge >= 0.3 is 0 Å². The predicted octanol–water partition coefficient (Wildman–Crippen LogP) is 2.94. The van der Waals surface area contributed by atoms with Crippen molar-refractivity contribution in [1.82, 2.24) is 20.3 Å². The molecule has 0 spiro atoms. The first kappa shape index (κ1) is 13.0. The second kappa shape index (κ2) is 5.26. The molecule has 4 rings (SSSR count). The van der Waals surface area contributed by atoms with Crippen LogP contribution < -0.4 is 0 Å². The quantitative estimate of drug-likeness (QED) is 0.790. The normalized spacial score (nSPS) is 18.0. The maximum absolute atomic E-state index is 12.9. The number of benzene rings is 2. The molecule has 0 unspecified atom stereocenters. The minimum Gasteiger partial charge on any atom is -0.332 e. The van der Waals surface area contributed by atoms with Crippen molar-refractivity contribution in [2.75, 3.05) is 6.54 Å². The van der Waals surface area contributed by atoms with Crippen LogP contribution in [0.15, 0.2) is 48.5 Å². The molecular weight excluding hydrogens is 276 g/mol. The summed E-state index contributed by atoms with van der Waals surface area (Å²) in [6, 6.07) is 15.9. The van der Waals surface area contributed by atoms with Gasteiger partial charge in [0.25, 0.3) is 5.91 Å². The van der Waals surface area contributed by atoms with Crippen molar-refractivity contribution < 1.29 is 4.79 Å². The summed E-state index contributed by atoms with van der Waals surface area (Å²) in [5, 5.41) is 10.7. The molecule has 110 valence electrons. The Morgan fingerprint density at radius 2 is 1.91 bits per heavy atom. The van der Waals surface area contributed by atoms with E-state index in [1.54, 1.807) is 0 Å². The monoisotopic (exact) mass is 292 g/mol. The van der Waals surface area contributed by atoms with E-state index in [1.807, 2.05) is 41.3 Å². The van der Waals surface area contributed by atoms with Crippen LogP contribution in [-0.4, -0.2) is 32.8 Å². The summed E-state index contributed by atoms with van der Waals surface area (Å²) in [5.41, 5.74) is 3.37. The van der Waals surface area contributed by atoms with Crippen LogP contribution >= 0.6 is 0 Å². The third-order valence-electron chi connectivity index (χ3n) is 4.26. The highest BCUT2D eigenvalue weighted by Gasteiger charge is 2.30. The number of aromatic amines is 1. The van der Waals surface area contributed by atoms with Gasteiger partial charge in [0.05, 0.1) is 6.04 Å². The number of rotatable bonds is 2. The highest BCUT2D eigenvalue weighted by Crippen LogP contribution is 2.33. The van der Waals surface area contributed by atoms with E-state index in [0.717, 1.165) is 30.4 Å². The van der Waals surface area contributed by atoms with Crippen molar-refractivity contribution in [2.24, 2.45) is 0 Å². The third kappa shape index (κ3) is 2.15. The predicted molar refractivity (Wildman–Crippen MR) is 83.3 cm³/mol. The van der Waals surface area contributed by atoms with Gasteiger partial charge in [0.2, 0.25) is 0 Å². The lowest BCUT2D eigenvalue weighted by molar-refractivity contribution is 0.0736. The Balaban J connectivity index is 1.66. The van der Waals surface area contributed by atoms with Crippen LogP contribution in [0.5, 0.6) is 0 Å². The second-order valence-corrected chi connectivity index (χ2v) is 5.59. The zero-order valence-corrected chi connectivity index (χ0v) is 12.1. The Kier molecular flexibility index (Phi) is 3.11. The summed E-state index contributed by atoms with van der Waals surface area (Å²) >= 11 is 0. The summed E-state index contributed by atoms with van der Waals surface area (Å²) in [4.78, 5) is 14.8. The van der Waals surface area contributed by atoms with Crippen LogP contribution in [0, 0.1) is 0 Å². The van der Waals surface area contributed by atoms with E-state index >= 15 is 0 Å². The van der Waals surface area contributed by atoms with Crippen LogP contribution in [0.3, 0.4) is 0 Å². The van der Waals surface area contributed by atoms with E-state index in [0.29, 0.717) is 5.56 Å². The third-order valence-corrected chi connectivity index (χ3v) is 4.26. The van der Waals surface area contributed by atoms with Gasteiger partial charge in [-0.05, 0) is 36.6 Å². The SMILES string of the molecule is O=C(c1ccc2n[nH]nc2c1)N1CCC[C@@H]1c1ccccc1. The molecule has 0 bridgehead atoms. The van der Waals surface area contributed by atoms with Gasteiger partial charge in [0.15, 0.2) is 0 Å². The van der Waals surface area contributed by atoms with Crippen molar-refractivity contribution in [3.05, 3.63) is 59.7 Å². The van der Waals surface area contributed by atoms with Crippen LogP contribution in [0.1, 0.15) is 34.8 Å². The number of carbonyl (C=O) groups is 1. The van der Waals surface area contributed by atoms with Crippen molar-refractivity contribution in [3.8, 4) is 0 Å². The first-order valence-electron chi connectivity index (χ1n) is 7.49. The number of fused-ring (bicyclic) bond motifs is 1. The summed E-state index contributed by atoms with van der Waals surface area (Å²) in [7, 11) is 0. The van der Waals surface area contributed by atoms with Crippen LogP contribution in [0.4, 0.5) is 0 Å². The first-order chi connectivity index (χ1) is 10.8. The van der Waals surface area contributed by atoms with E-state index in [2.05, 4.69) is 27.5 Å². The molecule has 2 heterocycles. The summed E-state index contributed by atoms with van der Waals surface area (Å²) in [5.74, 6) is 0.0660. The fraction of sp³-hybridized carbons (Fsp3) is 0.235. The molecule has 1 aliphatic rings. The zero-order chi connectivity index (χ0) is 14.9. The van der Waals surface area contributed by atoms with E-state index in [4.69, 9.17) is 0 Å². The second-order valence-electron chi connectivity index (χ2n) is 5.59. The van der Waals surface area contributed by atoms with E-state index in [9.17, 15) is 4.79 Å². The van der Waals surface area contributed by atoms with Gasteiger partial charge in [0, 0.05) is 12.1 Å². The molecule has 5 nitrogen and oxygen atoms in total. The van der Waals surface area contributed by atoms with Crippen molar-refractivity contribution >= 4 is 16.9 Å². The lowest BCUT2D eigenvalue weighted by Gasteiger charge is -2.25. The smallest absolute Gasteiger partial charge is 0.254 e. The lowest BCUT2D eigenvalue weighted by Crippen LogP contribution is -2.30. The van der Waals surface area contributed by atoms with Crippen LogP contribution in [0.25, 0.3) is 11.0 Å². The number of carbonyl (C=O) groups excluding carboxylic acids is 1. The van der Waals surface area contributed by atoms with Crippen molar-refractivity contribution in [1.29, 1.82) is 0 Å². The van der Waals surface area contributed by atoms with Gasteiger partial charge in [-0.2, -0.15) is 15.4 Å². The summed E-state index contributed by atoms with van der Waals surface area (Å²) < 4.78 is 0. The Morgan fingerprint density at radius 1 is 1.09 bits per heavy atom. The maximum atomic E-state index is 12.9. The number of aromatic nitrogens is 3. The van der Waals surface area contributed by atoms with Crippen molar-refractivity contribution in [2.45, 2.75) is 18.9 Å². The Labute approximate surface area is 127 Å². The standard InChI is InChI=1S/C17H16N4O/c22-17(13-8-9-14-15(11-13)19-20-18-14)21-10-4-7-16(21)12-5-2-1-3-6-12/h1-3,5-6,8-9,11,16H,4,7,10H2,(H,18,19,20)/t16-/m1/s1. The summed E-state index contributed by atoms with van der Waals surface area (Å²) in [6.07, 6.45) is 2.06. The molecule has 1 fully saturated rings. The molecule has 1 saturated heterocycles. The minimum absolute atomic E-state index is 0.0660. The van der Waals surface area contributed by atoms with Gasteiger partial charge in [-0.3, -0.25) is 4.79 Å². The molecule has 1 aliphatic heterocycles. The van der Waals surface area contributed by atoms with E-state index < -0.39 is 0 Å². The van der Waals surface area contributed by atoms with Gasteiger partial charge in [-0.25, -0.2) is 0 Å². The molecule has 1 amide bonds. The highest BCUT2D eigenvalue weighted by atomic mass is 16.2. The molecule has 1 aromatic heterocycles.